The Morgan fingerprint density at radius 3 is 2.42 bits per heavy atom. The number of hydrogen-bond acceptors (Lipinski definition) is 5. The van der Waals surface area contributed by atoms with E-state index in [1.807, 2.05) is 0 Å². The molecule has 1 atom stereocenters. The zero-order valence-electron chi connectivity index (χ0n) is 19.2. The molecule has 0 spiro atoms. The van der Waals surface area contributed by atoms with Gasteiger partial charge in [-0.05, 0) is 42.6 Å². The molecule has 0 saturated carbocycles. The average Bonchev–Trinajstić information content (AvgIpc) is 3.04. The number of piperidine rings is 1. The van der Waals surface area contributed by atoms with Gasteiger partial charge in [-0.1, -0.05) is 29.3 Å². The fourth-order valence-electron chi connectivity index (χ4n) is 3.00. The number of anilines is 1. The minimum absolute atomic E-state index is 0. The van der Waals surface area contributed by atoms with E-state index in [0.717, 1.165) is 30.6 Å². The van der Waals surface area contributed by atoms with Crippen molar-refractivity contribution >= 4 is 48.7 Å². The van der Waals surface area contributed by atoms with Crippen molar-refractivity contribution in [2.45, 2.75) is 25.2 Å². The molecule has 0 radical (unpaired) electrons. The molecule has 3 rings (SSSR count). The van der Waals surface area contributed by atoms with Gasteiger partial charge in [0.2, 0.25) is 0 Å². The third-order valence-corrected chi connectivity index (χ3v) is 5.52. The van der Waals surface area contributed by atoms with Crippen molar-refractivity contribution < 1.29 is 81.0 Å². The summed E-state index contributed by atoms with van der Waals surface area (Å²) in [5, 5.41) is 13.1. The Morgan fingerprint density at radius 2 is 1.84 bits per heavy atom. The zero-order valence-corrected chi connectivity index (χ0v) is 23.6. The fourth-order valence-corrected chi connectivity index (χ4v) is 3.96. The van der Waals surface area contributed by atoms with Crippen molar-refractivity contribution in [3.8, 4) is 0 Å². The van der Waals surface area contributed by atoms with Crippen LogP contribution >= 0.6 is 31.2 Å². The average molecular weight is 507 g/mol. The van der Waals surface area contributed by atoms with Gasteiger partial charge in [-0.3, -0.25) is 9.59 Å². The Balaban J connectivity index is 0. The van der Waals surface area contributed by atoms with Crippen molar-refractivity contribution in [1.82, 2.24) is 20.4 Å². The molecule has 0 bridgehead atoms. The molecule has 1 saturated heterocycles. The van der Waals surface area contributed by atoms with Crippen LogP contribution in [-0.2, 0) is 10.9 Å². The normalized spacial score (nSPS) is 14.1. The summed E-state index contributed by atoms with van der Waals surface area (Å²) in [5.41, 5.74) is 0.0905. The second-order valence-corrected chi connectivity index (χ2v) is 8.27. The van der Waals surface area contributed by atoms with Crippen LogP contribution < -0.4 is 75.1 Å². The first-order chi connectivity index (χ1) is 13.8. The molecule has 9 nitrogen and oxygen atoms in total. The quantitative estimate of drug-likeness (QED) is 0.242. The van der Waals surface area contributed by atoms with Crippen LogP contribution in [-0.4, -0.2) is 45.6 Å². The first-order valence-corrected chi connectivity index (χ1v) is 11.0. The van der Waals surface area contributed by atoms with Gasteiger partial charge in [-0.15, -0.1) is 0 Å². The van der Waals surface area contributed by atoms with Gasteiger partial charge in [-0.2, -0.15) is 9.99 Å². The predicted octanol–water partition coefficient (Wildman–Crippen LogP) is -3.15. The van der Waals surface area contributed by atoms with Crippen LogP contribution in [0.3, 0.4) is 0 Å². The van der Waals surface area contributed by atoms with Gasteiger partial charge in [0.25, 0.3) is 18.1 Å². The van der Waals surface area contributed by atoms with Gasteiger partial charge >= 0.3 is 67.1 Å². The summed E-state index contributed by atoms with van der Waals surface area (Å²) in [6, 6.07) is 4.62. The number of aromatic nitrogens is 2. The molecule has 31 heavy (non-hydrogen) atoms. The van der Waals surface area contributed by atoms with E-state index in [1.165, 1.54) is 18.3 Å². The smallest absolute Gasteiger partial charge is 1.00 e. The maximum absolute atomic E-state index is 12.7. The monoisotopic (exact) mass is 506 g/mol. The molecule has 4 N–H and O–H groups in total. The number of carbonyl (C=O) groups excluding carboxylic acids is 2. The number of carbonyl (C=O) groups is 2. The van der Waals surface area contributed by atoms with Gasteiger partial charge in [0.05, 0.1) is 27.5 Å². The number of halogens is 2. The van der Waals surface area contributed by atoms with E-state index in [0.29, 0.717) is 0 Å². The molecular weight excluding hydrogens is 486 g/mol. The maximum Gasteiger partial charge on any atom is 1.00 e. The van der Waals surface area contributed by atoms with Crippen molar-refractivity contribution in [2.24, 2.45) is 0 Å². The van der Waals surface area contributed by atoms with Crippen LogP contribution in [0.2, 0.25) is 10.0 Å². The summed E-state index contributed by atoms with van der Waals surface area (Å²) in [6.45, 7) is 1.58. The van der Waals surface area contributed by atoms with E-state index in [4.69, 9.17) is 28.1 Å². The van der Waals surface area contributed by atoms with Crippen LogP contribution in [0.1, 0.15) is 36.5 Å². The van der Waals surface area contributed by atoms with Crippen molar-refractivity contribution in [3.63, 3.8) is 0 Å². The van der Waals surface area contributed by atoms with E-state index in [-0.39, 0.29) is 101 Å². The minimum atomic E-state index is -2.53. The topological polar surface area (TPSA) is 125 Å². The Morgan fingerprint density at radius 1 is 1.23 bits per heavy atom. The van der Waals surface area contributed by atoms with Crippen LogP contribution in [0.4, 0.5) is 5.69 Å². The fraction of sp³-hybridized carbons (Fsp3) is 0.353. The Labute approximate surface area is 237 Å². The molecule has 0 aliphatic carbocycles. The van der Waals surface area contributed by atoms with Gasteiger partial charge in [0.15, 0.2) is 5.69 Å². The number of hydrogen-bond donors (Lipinski definition) is 4. The van der Waals surface area contributed by atoms with Crippen molar-refractivity contribution in [2.75, 3.05) is 18.4 Å². The number of amides is 2. The van der Waals surface area contributed by atoms with E-state index in [9.17, 15) is 14.2 Å². The SMILES string of the molecule is O=C(NC1CCNCC1)c1nn(C[P+](=O)O)cc1NC(=O)c1c(Cl)cccc1Cl.[H-].[H-].[Na+].[Na+]. The summed E-state index contributed by atoms with van der Waals surface area (Å²) < 4.78 is 12.3. The maximum atomic E-state index is 12.7. The van der Waals surface area contributed by atoms with Crippen molar-refractivity contribution in [1.29, 1.82) is 0 Å². The Bertz CT molecular complexity index is 947. The van der Waals surface area contributed by atoms with Crippen LogP contribution in [0, 0.1) is 0 Å². The zero-order chi connectivity index (χ0) is 21.0. The Hall–Kier alpha value is -0.0300. The van der Waals surface area contributed by atoms with Gasteiger partial charge in [-0.25, -0.2) is 4.68 Å². The van der Waals surface area contributed by atoms with E-state index in [1.54, 1.807) is 6.07 Å². The summed E-state index contributed by atoms with van der Waals surface area (Å²) in [5.74, 6) is -1.10. The molecule has 14 heteroatoms. The van der Waals surface area contributed by atoms with Crippen LogP contribution in [0.15, 0.2) is 24.4 Å². The molecule has 2 amide bonds. The number of rotatable bonds is 6. The van der Waals surface area contributed by atoms with Gasteiger partial charge in [0, 0.05) is 6.04 Å². The molecule has 1 fully saturated rings. The molecule has 1 aliphatic heterocycles. The summed E-state index contributed by atoms with van der Waals surface area (Å²) in [6.07, 6.45) is 2.55. The second-order valence-electron chi connectivity index (χ2n) is 6.47. The summed E-state index contributed by atoms with van der Waals surface area (Å²) in [7, 11) is -2.53. The number of nitrogens with one attached hydrogen (secondary N) is 3. The summed E-state index contributed by atoms with van der Waals surface area (Å²) in [4.78, 5) is 34.6. The van der Waals surface area contributed by atoms with Gasteiger partial charge < -0.3 is 18.8 Å². The van der Waals surface area contributed by atoms with Crippen LogP contribution in [0.5, 0.6) is 0 Å². The standard InChI is InChI=1S/C17H18Cl2N5O4P.2Na.2H/c18-11-2-1-3-12(19)14(11)16(25)22-13-8-24(9-29(27)28)23-15(13)17(26)21-10-4-6-20-7-5-10;;;;/h1-3,8,10,20H,4-7,9H2,(H2-,21,22,25,26,27,28);;;;/q;2*+1;2*-1/p+1. The Kier molecular flexibility index (Phi) is 12.7. The molecule has 2 heterocycles. The third-order valence-electron chi connectivity index (χ3n) is 4.36. The van der Waals surface area contributed by atoms with E-state index in [2.05, 4.69) is 21.0 Å². The molecule has 1 aromatic heterocycles. The first kappa shape index (κ1) is 29.0. The second kappa shape index (κ2) is 13.6. The summed E-state index contributed by atoms with van der Waals surface area (Å²) >= 11 is 12.1. The number of benzene rings is 1. The first-order valence-electron chi connectivity index (χ1n) is 8.83. The molecule has 158 valence electrons. The third kappa shape index (κ3) is 8.05. The molecule has 1 unspecified atom stereocenters. The van der Waals surface area contributed by atoms with Crippen molar-refractivity contribution in [3.05, 3.63) is 45.7 Å². The molecular formula is C17H21Cl2N5Na2O4P+. The minimum Gasteiger partial charge on any atom is -1.00 e. The van der Waals surface area contributed by atoms with E-state index >= 15 is 0 Å². The van der Waals surface area contributed by atoms with E-state index < -0.39 is 19.8 Å². The largest absolute Gasteiger partial charge is 1.00 e. The molecule has 1 aliphatic rings. The van der Waals surface area contributed by atoms with Gasteiger partial charge in [0.1, 0.15) is 0 Å². The number of nitrogens with zero attached hydrogens (tertiary/aromatic N) is 2. The predicted molar refractivity (Wildman–Crippen MR) is 112 cm³/mol. The molecule has 1 aromatic carbocycles. The molecule has 2 aromatic rings. The van der Waals surface area contributed by atoms with Crippen LogP contribution in [0.25, 0.3) is 0 Å².